The van der Waals surface area contributed by atoms with Crippen LogP contribution in [0.25, 0.3) is 0 Å². The number of carboxylic acids is 1. The molecule has 7 heteroatoms. The molecule has 1 rings (SSSR count). The Morgan fingerprint density at radius 2 is 1.95 bits per heavy atom. The normalized spacial score (nSPS) is 12.0. The van der Waals surface area contributed by atoms with Crippen molar-refractivity contribution in [1.82, 2.24) is 10.6 Å². The Kier molecular flexibility index (Phi) is 6.78. The molecule has 0 unspecified atom stereocenters. The standard InChI is InChI=1S/C14H18Cl2N2O3/c1-8(2)12(13(19)20)18-14(21)17-6-5-9-3-4-10(15)7-11(9)16/h3-4,7-8,12H,5-6H2,1-2H3,(H,19,20)(H2,17,18,21)/t12-/m1/s1. The molecule has 3 N–H and O–H groups in total. The summed E-state index contributed by atoms with van der Waals surface area (Å²) in [5.74, 6) is -1.25. The predicted molar refractivity (Wildman–Crippen MR) is 83.0 cm³/mol. The molecule has 116 valence electrons. The van der Waals surface area contributed by atoms with Gasteiger partial charge in [0.1, 0.15) is 6.04 Å². The van der Waals surface area contributed by atoms with Crippen molar-refractivity contribution in [2.75, 3.05) is 6.54 Å². The maximum absolute atomic E-state index is 11.7. The molecule has 0 aliphatic heterocycles. The van der Waals surface area contributed by atoms with Crippen molar-refractivity contribution in [2.24, 2.45) is 5.92 Å². The fourth-order valence-electron chi connectivity index (χ4n) is 1.74. The van der Waals surface area contributed by atoms with Crippen LogP contribution >= 0.6 is 23.2 Å². The summed E-state index contributed by atoms with van der Waals surface area (Å²) in [6, 6.07) is 3.73. The van der Waals surface area contributed by atoms with E-state index in [1.807, 2.05) is 0 Å². The maximum atomic E-state index is 11.7. The van der Waals surface area contributed by atoms with Crippen LogP contribution in [0.4, 0.5) is 4.79 Å². The number of carbonyl (C=O) groups is 2. The average molecular weight is 333 g/mol. The van der Waals surface area contributed by atoms with E-state index in [4.69, 9.17) is 28.3 Å². The minimum absolute atomic E-state index is 0.195. The topological polar surface area (TPSA) is 78.4 Å². The van der Waals surface area contributed by atoms with Crippen LogP contribution < -0.4 is 10.6 Å². The number of carboxylic acid groups (broad SMARTS) is 1. The van der Waals surface area contributed by atoms with Crippen molar-refractivity contribution in [2.45, 2.75) is 26.3 Å². The number of carbonyl (C=O) groups excluding carboxylic acids is 1. The summed E-state index contributed by atoms with van der Waals surface area (Å²) < 4.78 is 0. The van der Waals surface area contributed by atoms with Crippen LogP contribution in [0.2, 0.25) is 10.0 Å². The third-order valence-electron chi connectivity index (χ3n) is 2.91. The molecule has 5 nitrogen and oxygen atoms in total. The number of urea groups is 1. The van der Waals surface area contributed by atoms with Crippen molar-refractivity contribution in [1.29, 1.82) is 0 Å². The van der Waals surface area contributed by atoms with Crippen molar-refractivity contribution >= 4 is 35.2 Å². The molecule has 1 aromatic rings. The minimum atomic E-state index is -1.05. The molecule has 0 radical (unpaired) electrons. The molecular formula is C14H18Cl2N2O3. The van der Waals surface area contributed by atoms with Crippen LogP contribution in [0.15, 0.2) is 18.2 Å². The highest BCUT2D eigenvalue weighted by Gasteiger charge is 2.23. The van der Waals surface area contributed by atoms with E-state index in [1.165, 1.54) is 0 Å². The maximum Gasteiger partial charge on any atom is 0.326 e. The van der Waals surface area contributed by atoms with E-state index in [0.29, 0.717) is 23.0 Å². The number of hydrogen-bond donors (Lipinski definition) is 3. The molecule has 0 bridgehead atoms. The molecular weight excluding hydrogens is 315 g/mol. The fraction of sp³-hybridized carbons (Fsp3) is 0.429. The second kappa shape index (κ2) is 8.10. The molecule has 0 aliphatic carbocycles. The van der Waals surface area contributed by atoms with Gasteiger partial charge in [0.05, 0.1) is 0 Å². The lowest BCUT2D eigenvalue weighted by Crippen LogP contribution is -2.48. The zero-order chi connectivity index (χ0) is 16.0. The Morgan fingerprint density at radius 1 is 1.29 bits per heavy atom. The Hall–Kier alpha value is -1.46. The van der Waals surface area contributed by atoms with Crippen LogP contribution in [0.1, 0.15) is 19.4 Å². The van der Waals surface area contributed by atoms with Crippen molar-refractivity contribution < 1.29 is 14.7 Å². The summed E-state index contributed by atoms with van der Waals surface area (Å²) in [5, 5.41) is 15.1. The SMILES string of the molecule is CC(C)[C@@H](NC(=O)NCCc1ccc(Cl)cc1Cl)C(=O)O. The summed E-state index contributed by atoms with van der Waals surface area (Å²) in [4.78, 5) is 22.6. The Labute approximate surface area is 133 Å². The van der Waals surface area contributed by atoms with Gasteiger partial charge in [0.2, 0.25) is 0 Å². The lowest BCUT2D eigenvalue weighted by Gasteiger charge is -2.18. The summed E-state index contributed by atoms with van der Waals surface area (Å²) in [5.41, 5.74) is 0.861. The van der Waals surface area contributed by atoms with Gasteiger partial charge < -0.3 is 15.7 Å². The number of nitrogens with one attached hydrogen (secondary N) is 2. The largest absolute Gasteiger partial charge is 0.480 e. The first-order chi connectivity index (χ1) is 9.81. The first-order valence-electron chi connectivity index (χ1n) is 6.52. The number of hydrogen-bond acceptors (Lipinski definition) is 2. The van der Waals surface area contributed by atoms with Gasteiger partial charge in [-0.3, -0.25) is 0 Å². The molecule has 0 saturated carbocycles. The van der Waals surface area contributed by atoms with E-state index in [0.717, 1.165) is 5.56 Å². The Bertz CT molecular complexity index is 521. The van der Waals surface area contributed by atoms with Gasteiger partial charge in [-0.2, -0.15) is 0 Å². The molecule has 0 spiro atoms. The zero-order valence-electron chi connectivity index (χ0n) is 11.8. The molecule has 0 aliphatic rings. The van der Waals surface area contributed by atoms with Gasteiger partial charge in [-0.15, -0.1) is 0 Å². The van der Waals surface area contributed by atoms with Crippen LogP contribution in [0, 0.1) is 5.92 Å². The number of amides is 2. The molecule has 0 saturated heterocycles. The molecule has 21 heavy (non-hydrogen) atoms. The van der Waals surface area contributed by atoms with E-state index in [9.17, 15) is 9.59 Å². The van der Waals surface area contributed by atoms with Crippen molar-refractivity contribution in [3.05, 3.63) is 33.8 Å². The van der Waals surface area contributed by atoms with Gasteiger partial charge >= 0.3 is 12.0 Å². The highest BCUT2D eigenvalue weighted by atomic mass is 35.5. The summed E-state index contributed by atoms with van der Waals surface area (Å²) >= 11 is 11.8. The second-order valence-corrected chi connectivity index (χ2v) is 5.79. The first kappa shape index (κ1) is 17.6. The monoisotopic (exact) mass is 332 g/mol. The van der Waals surface area contributed by atoms with Crippen molar-refractivity contribution in [3.8, 4) is 0 Å². The average Bonchev–Trinajstić information content (AvgIpc) is 2.37. The summed E-state index contributed by atoms with van der Waals surface area (Å²) in [6.45, 7) is 3.80. The molecule has 1 aromatic carbocycles. The molecule has 0 fully saturated rings. The van der Waals surface area contributed by atoms with E-state index in [-0.39, 0.29) is 5.92 Å². The highest BCUT2D eigenvalue weighted by Crippen LogP contribution is 2.20. The van der Waals surface area contributed by atoms with E-state index in [2.05, 4.69) is 10.6 Å². The molecule has 0 heterocycles. The number of rotatable bonds is 6. The van der Waals surface area contributed by atoms with E-state index >= 15 is 0 Å². The molecule has 0 aromatic heterocycles. The van der Waals surface area contributed by atoms with Crippen LogP contribution in [0.5, 0.6) is 0 Å². The van der Waals surface area contributed by atoms with E-state index in [1.54, 1.807) is 32.0 Å². The molecule has 2 amide bonds. The quantitative estimate of drug-likeness (QED) is 0.749. The highest BCUT2D eigenvalue weighted by molar-refractivity contribution is 6.35. The molecule has 1 atom stereocenters. The van der Waals surface area contributed by atoms with Crippen LogP contribution in [-0.4, -0.2) is 29.7 Å². The second-order valence-electron chi connectivity index (χ2n) is 4.95. The van der Waals surface area contributed by atoms with Crippen molar-refractivity contribution in [3.63, 3.8) is 0 Å². The first-order valence-corrected chi connectivity index (χ1v) is 7.28. The van der Waals surface area contributed by atoms with Crippen LogP contribution in [0.3, 0.4) is 0 Å². The Balaban J connectivity index is 2.44. The number of aliphatic carboxylic acids is 1. The smallest absolute Gasteiger partial charge is 0.326 e. The van der Waals surface area contributed by atoms with Gasteiger partial charge in [-0.05, 0) is 30.0 Å². The van der Waals surface area contributed by atoms with Gasteiger partial charge in [0, 0.05) is 16.6 Å². The fourth-order valence-corrected chi connectivity index (χ4v) is 2.24. The lowest BCUT2D eigenvalue weighted by atomic mass is 10.1. The summed E-state index contributed by atoms with van der Waals surface area (Å²) in [7, 11) is 0. The van der Waals surface area contributed by atoms with Gasteiger partial charge in [-0.25, -0.2) is 9.59 Å². The zero-order valence-corrected chi connectivity index (χ0v) is 13.3. The summed E-state index contributed by atoms with van der Waals surface area (Å²) in [6.07, 6.45) is 0.531. The number of halogens is 2. The van der Waals surface area contributed by atoms with Gasteiger partial charge in [0.15, 0.2) is 0 Å². The van der Waals surface area contributed by atoms with Gasteiger partial charge in [0.25, 0.3) is 0 Å². The minimum Gasteiger partial charge on any atom is -0.480 e. The predicted octanol–water partition coefficient (Wildman–Crippen LogP) is 2.94. The van der Waals surface area contributed by atoms with E-state index < -0.39 is 18.0 Å². The third-order valence-corrected chi connectivity index (χ3v) is 3.50. The van der Waals surface area contributed by atoms with Gasteiger partial charge in [-0.1, -0.05) is 43.1 Å². The Morgan fingerprint density at radius 3 is 2.48 bits per heavy atom. The van der Waals surface area contributed by atoms with Crippen LogP contribution in [-0.2, 0) is 11.2 Å². The number of benzene rings is 1. The third kappa shape index (κ3) is 5.81. The lowest BCUT2D eigenvalue weighted by molar-refractivity contribution is -0.140.